The predicted molar refractivity (Wildman–Crippen MR) is 65.6 cm³/mol. The van der Waals surface area contributed by atoms with Crippen LogP contribution in [0, 0.1) is 0 Å². The summed E-state index contributed by atoms with van der Waals surface area (Å²) in [5.41, 5.74) is 0. The largest absolute Gasteiger partial charge is 0.395 e. The lowest BCUT2D eigenvalue weighted by atomic mass is 9.93. The normalized spacial score (nSPS) is 36.6. The molecule has 9 nitrogen and oxygen atoms in total. The summed E-state index contributed by atoms with van der Waals surface area (Å²) in [5, 5.41) is 75.2. The standard InChI is InChI=1S/C11H23NO8/c13-3-5-9(18)11(20)7(16)2-12(5)1-6(15)10(19)8(17)4-14/h5-11,13-20H,1-4H2/t5-,6-,7+,8-,9-,10+,11-/m1/s1. The molecule has 1 fully saturated rings. The highest BCUT2D eigenvalue weighted by Gasteiger charge is 2.42. The van der Waals surface area contributed by atoms with Crippen LogP contribution in [0.3, 0.4) is 0 Å². The number of aliphatic hydroxyl groups is 8. The molecule has 0 aromatic carbocycles. The van der Waals surface area contributed by atoms with Crippen LogP contribution in [0.25, 0.3) is 0 Å². The van der Waals surface area contributed by atoms with Gasteiger partial charge < -0.3 is 40.9 Å². The summed E-state index contributed by atoms with van der Waals surface area (Å²) in [6, 6.07) is -0.915. The Balaban J connectivity index is 2.69. The number of aliphatic hydroxyl groups excluding tert-OH is 8. The molecule has 0 saturated carbocycles. The molecule has 0 bridgehead atoms. The van der Waals surface area contributed by atoms with Crippen molar-refractivity contribution in [1.82, 2.24) is 4.90 Å². The molecule has 1 aliphatic heterocycles. The number of likely N-dealkylation sites (tertiary alicyclic amines) is 1. The van der Waals surface area contributed by atoms with Crippen molar-refractivity contribution in [3.63, 3.8) is 0 Å². The van der Waals surface area contributed by atoms with Crippen molar-refractivity contribution in [2.75, 3.05) is 26.3 Å². The third-order valence-electron chi connectivity index (χ3n) is 3.61. The SMILES string of the molecule is OC[C@@H](O)[C@@H](O)[C@H](O)CN1C[C@H](O)[C@@H](O)[C@H](O)[C@H]1CO. The molecular formula is C11H23NO8. The van der Waals surface area contributed by atoms with Crippen molar-refractivity contribution in [2.45, 2.75) is 42.7 Å². The van der Waals surface area contributed by atoms with Crippen LogP contribution in [-0.2, 0) is 0 Å². The molecule has 1 saturated heterocycles. The average molecular weight is 297 g/mol. The predicted octanol–water partition coefficient (Wildman–Crippen LogP) is -5.18. The Morgan fingerprint density at radius 3 is 2.05 bits per heavy atom. The fourth-order valence-electron chi connectivity index (χ4n) is 2.30. The van der Waals surface area contributed by atoms with Gasteiger partial charge in [0.15, 0.2) is 0 Å². The molecule has 0 aromatic heterocycles. The highest BCUT2D eigenvalue weighted by molar-refractivity contribution is 4.95. The zero-order valence-corrected chi connectivity index (χ0v) is 10.9. The number of hydrogen-bond donors (Lipinski definition) is 8. The van der Waals surface area contributed by atoms with Crippen LogP contribution in [0.1, 0.15) is 0 Å². The van der Waals surface area contributed by atoms with E-state index in [4.69, 9.17) is 5.11 Å². The van der Waals surface area contributed by atoms with Gasteiger partial charge in [-0.15, -0.1) is 0 Å². The van der Waals surface area contributed by atoms with Gasteiger partial charge in [-0.2, -0.15) is 0 Å². The molecule has 1 aliphatic rings. The van der Waals surface area contributed by atoms with Crippen LogP contribution in [0.4, 0.5) is 0 Å². The first-order valence-electron chi connectivity index (χ1n) is 6.37. The lowest BCUT2D eigenvalue weighted by molar-refractivity contribution is -0.158. The second-order valence-corrected chi connectivity index (χ2v) is 5.06. The third kappa shape index (κ3) is 3.85. The van der Waals surface area contributed by atoms with E-state index in [1.54, 1.807) is 0 Å². The van der Waals surface area contributed by atoms with Crippen LogP contribution in [0.5, 0.6) is 0 Å². The van der Waals surface area contributed by atoms with Crippen molar-refractivity contribution < 1.29 is 40.9 Å². The highest BCUT2D eigenvalue weighted by Crippen LogP contribution is 2.19. The van der Waals surface area contributed by atoms with Crippen molar-refractivity contribution in [3.8, 4) is 0 Å². The molecule has 120 valence electrons. The van der Waals surface area contributed by atoms with Gasteiger partial charge in [-0.05, 0) is 0 Å². The van der Waals surface area contributed by atoms with Gasteiger partial charge in [0.1, 0.15) is 24.4 Å². The maximum Gasteiger partial charge on any atom is 0.109 e. The van der Waals surface area contributed by atoms with Gasteiger partial charge in [-0.3, -0.25) is 4.90 Å². The number of nitrogens with zero attached hydrogens (tertiary/aromatic N) is 1. The Morgan fingerprint density at radius 1 is 0.950 bits per heavy atom. The number of β-amino-alcohol motifs (C(OH)–C–C–N with tert-alkyl or cyclic N) is 2. The summed E-state index contributed by atoms with van der Waals surface area (Å²) in [4.78, 5) is 1.31. The average Bonchev–Trinajstić information content (AvgIpc) is 2.43. The molecule has 1 rings (SSSR count). The van der Waals surface area contributed by atoms with Gasteiger partial charge >= 0.3 is 0 Å². The summed E-state index contributed by atoms with van der Waals surface area (Å²) >= 11 is 0. The van der Waals surface area contributed by atoms with E-state index >= 15 is 0 Å². The van der Waals surface area contributed by atoms with Gasteiger partial charge in [0.25, 0.3) is 0 Å². The van der Waals surface area contributed by atoms with Crippen LogP contribution in [-0.4, -0.2) is 115 Å². The first kappa shape index (κ1) is 17.7. The Morgan fingerprint density at radius 2 is 1.55 bits per heavy atom. The van der Waals surface area contributed by atoms with Gasteiger partial charge in [0.2, 0.25) is 0 Å². The monoisotopic (exact) mass is 297 g/mol. The molecule has 8 N–H and O–H groups in total. The topological polar surface area (TPSA) is 165 Å². The molecule has 7 atom stereocenters. The minimum Gasteiger partial charge on any atom is -0.395 e. The second kappa shape index (κ2) is 7.59. The zero-order chi connectivity index (χ0) is 15.4. The Kier molecular flexibility index (Phi) is 6.72. The van der Waals surface area contributed by atoms with Crippen molar-refractivity contribution in [2.24, 2.45) is 0 Å². The van der Waals surface area contributed by atoms with Crippen LogP contribution >= 0.6 is 0 Å². The smallest absolute Gasteiger partial charge is 0.109 e. The summed E-state index contributed by atoms with van der Waals surface area (Å²) in [7, 11) is 0. The third-order valence-corrected chi connectivity index (χ3v) is 3.61. The molecular weight excluding hydrogens is 274 g/mol. The Labute approximate surface area is 115 Å². The van der Waals surface area contributed by atoms with Crippen molar-refractivity contribution in [1.29, 1.82) is 0 Å². The van der Waals surface area contributed by atoms with E-state index < -0.39 is 55.9 Å². The number of rotatable bonds is 6. The zero-order valence-electron chi connectivity index (χ0n) is 10.9. The quantitative estimate of drug-likeness (QED) is 0.239. The number of hydrogen-bond acceptors (Lipinski definition) is 9. The van der Waals surface area contributed by atoms with Gasteiger partial charge in [0.05, 0.1) is 31.5 Å². The van der Waals surface area contributed by atoms with E-state index in [9.17, 15) is 35.7 Å². The summed E-state index contributed by atoms with van der Waals surface area (Å²) in [6.45, 7) is -1.63. The van der Waals surface area contributed by atoms with E-state index in [1.807, 2.05) is 0 Å². The van der Waals surface area contributed by atoms with E-state index in [0.717, 1.165) is 0 Å². The maximum absolute atomic E-state index is 9.75. The maximum atomic E-state index is 9.75. The van der Waals surface area contributed by atoms with Gasteiger partial charge in [-0.25, -0.2) is 0 Å². The lowest BCUT2D eigenvalue weighted by Crippen LogP contribution is -2.64. The molecule has 0 unspecified atom stereocenters. The minimum absolute atomic E-state index is 0.123. The number of piperidine rings is 1. The van der Waals surface area contributed by atoms with Crippen LogP contribution in [0.2, 0.25) is 0 Å². The highest BCUT2D eigenvalue weighted by atomic mass is 16.4. The van der Waals surface area contributed by atoms with Crippen LogP contribution in [0.15, 0.2) is 0 Å². The molecule has 0 aromatic rings. The first-order chi connectivity index (χ1) is 9.33. The van der Waals surface area contributed by atoms with Crippen LogP contribution < -0.4 is 0 Å². The molecule has 0 amide bonds. The van der Waals surface area contributed by atoms with Gasteiger partial charge in [0, 0.05) is 13.1 Å². The second-order valence-electron chi connectivity index (χ2n) is 5.06. The first-order valence-corrected chi connectivity index (χ1v) is 6.37. The minimum atomic E-state index is -1.61. The van der Waals surface area contributed by atoms with Gasteiger partial charge in [-0.1, -0.05) is 0 Å². The molecule has 0 spiro atoms. The Hall–Kier alpha value is -0.360. The molecule has 0 aliphatic carbocycles. The van der Waals surface area contributed by atoms with Crippen molar-refractivity contribution in [3.05, 3.63) is 0 Å². The van der Waals surface area contributed by atoms with E-state index in [1.165, 1.54) is 4.90 Å². The van der Waals surface area contributed by atoms with E-state index in [2.05, 4.69) is 0 Å². The van der Waals surface area contributed by atoms with Crippen molar-refractivity contribution >= 4 is 0 Å². The summed E-state index contributed by atoms with van der Waals surface area (Å²) in [6.07, 6.45) is -8.67. The summed E-state index contributed by atoms with van der Waals surface area (Å²) < 4.78 is 0. The fraction of sp³-hybridized carbons (Fsp3) is 1.00. The van der Waals surface area contributed by atoms with E-state index in [-0.39, 0.29) is 13.1 Å². The molecule has 9 heteroatoms. The molecule has 1 heterocycles. The summed E-state index contributed by atoms with van der Waals surface area (Å²) in [5.74, 6) is 0. The molecule has 0 radical (unpaired) electrons. The lowest BCUT2D eigenvalue weighted by Gasteiger charge is -2.44. The molecule has 20 heavy (non-hydrogen) atoms. The fourth-order valence-corrected chi connectivity index (χ4v) is 2.30. The Bertz CT molecular complexity index is 294. The van der Waals surface area contributed by atoms with E-state index in [0.29, 0.717) is 0 Å².